The van der Waals surface area contributed by atoms with Gasteiger partial charge in [0.05, 0.1) is 31.5 Å². The molecule has 0 radical (unpaired) electrons. The van der Waals surface area contributed by atoms with Crippen LogP contribution in [0.15, 0.2) is 60.8 Å². The Morgan fingerprint density at radius 1 is 1.04 bits per heavy atom. The molecule has 1 aromatic heterocycles. The SMILES string of the molecule is O=C(Cc1ccc2ccccc2c1)Nc1ccc(N2CCOCC2)cn1. The molecular formula is C21H21N3O2. The lowest BCUT2D eigenvalue weighted by Crippen LogP contribution is -2.36. The zero-order chi connectivity index (χ0) is 17.8. The maximum atomic E-state index is 12.3. The van der Waals surface area contributed by atoms with Gasteiger partial charge in [0.2, 0.25) is 5.91 Å². The van der Waals surface area contributed by atoms with E-state index in [-0.39, 0.29) is 5.91 Å². The highest BCUT2D eigenvalue weighted by Gasteiger charge is 2.12. The first-order chi connectivity index (χ1) is 12.8. The van der Waals surface area contributed by atoms with Gasteiger partial charge in [-0.05, 0) is 28.5 Å². The highest BCUT2D eigenvalue weighted by atomic mass is 16.5. The van der Waals surface area contributed by atoms with Crippen molar-refractivity contribution in [3.63, 3.8) is 0 Å². The molecule has 0 saturated carbocycles. The third-order valence-electron chi connectivity index (χ3n) is 4.57. The van der Waals surface area contributed by atoms with Crippen molar-refractivity contribution in [1.82, 2.24) is 4.98 Å². The lowest BCUT2D eigenvalue weighted by Gasteiger charge is -2.28. The number of carbonyl (C=O) groups excluding carboxylic acids is 1. The number of carbonyl (C=O) groups is 1. The maximum absolute atomic E-state index is 12.3. The van der Waals surface area contributed by atoms with E-state index in [1.165, 1.54) is 5.39 Å². The molecule has 0 bridgehead atoms. The van der Waals surface area contributed by atoms with E-state index >= 15 is 0 Å². The first-order valence-corrected chi connectivity index (χ1v) is 8.84. The fourth-order valence-electron chi connectivity index (χ4n) is 3.19. The van der Waals surface area contributed by atoms with Crippen molar-refractivity contribution in [2.24, 2.45) is 0 Å². The van der Waals surface area contributed by atoms with Gasteiger partial charge in [0.15, 0.2) is 0 Å². The van der Waals surface area contributed by atoms with Crippen molar-refractivity contribution in [2.45, 2.75) is 6.42 Å². The summed E-state index contributed by atoms with van der Waals surface area (Å²) in [7, 11) is 0. The average Bonchev–Trinajstić information content (AvgIpc) is 2.69. The summed E-state index contributed by atoms with van der Waals surface area (Å²) in [5, 5.41) is 5.20. The topological polar surface area (TPSA) is 54.5 Å². The molecule has 26 heavy (non-hydrogen) atoms. The molecule has 1 amide bonds. The molecule has 4 rings (SSSR count). The van der Waals surface area contributed by atoms with E-state index in [9.17, 15) is 4.79 Å². The smallest absolute Gasteiger partial charge is 0.229 e. The number of pyridine rings is 1. The Balaban J connectivity index is 1.39. The van der Waals surface area contributed by atoms with Crippen LogP contribution in [0.4, 0.5) is 11.5 Å². The minimum Gasteiger partial charge on any atom is -0.378 e. The minimum absolute atomic E-state index is 0.0631. The molecule has 5 nitrogen and oxygen atoms in total. The summed E-state index contributed by atoms with van der Waals surface area (Å²) in [4.78, 5) is 18.9. The first-order valence-electron chi connectivity index (χ1n) is 8.84. The number of nitrogens with one attached hydrogen (secondary N) is 1. The van der Waals surface area contributed by atoms with Crippen LogP contribution in [0.1, 0.15) is 5.56 Å². The number of rotatable bonds is 4. The molecule has 1 saturated heterocycles. The molecule has 1 fully saturated rings. The number of anilines is 2. The molecule has 1 N–H and O–H groups in total. The van der Waals surface area contributed by atoms with Crippen molar-refractivity contribution in [1.29, 1.82) is 0 Å². The largest absolute Gasteiger partial charge is 0.378 e. The zero-order valence-electron chi connectivity index (χ0n) is 14.5. The van der Waals surface area contributed by atoms with Gasteiger partial charge in [-0.1, -0.05) is 42.5 Å². The van der Waals surface area contributed by atoms with Gasteiger partial charge < -0.3 is 15.0 Å². The Morgan fingerprint density at radius 2 is 1.85 bits per heavy atom. The second kappa shape index (κ2) is 7.54. The van der Waals surface area contributed by atoms with Gasteiger partial charge in [0.25, 0.3) is 0 Å². The third-order valence-corrected chi connectivity index (χ3v) is 4.57. The van der Waals surface area contributed by atoms with Crippen molar-refractivity contribution in [3.05, 3.63) is 66.4 Å². The molecule has 2 heterocycles. The van der Waals surface area contributed by atoms with Gasteiger partial charge in [0, 0.05) is 13.1 Å². The van der Waals surface area contributed by atoms with E-state index in [0.717, 1.165) is 42.9 Å². The van der Waals surface area contributed by atoms with Gasteiger partial charge in [-0.25, -0.2) is 4.98 Å². The molecule has 132 valence electrons. The maximum Gasteiger partial charge on any atom is 0.229 e. The number of hydrogen-bond donors (Lipinski definition) is 1. The van der Waals surface area contributed by atoms with Crippen LogP contribution in [-0.4, -0.2) is 37.2 Å². The number of aromatic nitrogens is 1. The molecule has 1 aliphatic heterocycles. The fourth-order valence-corrected chi connectivity index (χ4v) is 3.19. The van der Waals surface area contributed by atoms with Crippen LogP contribution in [0.5, 0.6) is 0 Å². The van der Waals surface area contributed by atoms with Crippen molar-refractivity contribution in [3.8, 4) is 0 Å². The van der Waals surface area contributed by atoms with Gasteiger partial charge >= 0.3 is 0 Å². The minimum atomic E-state index is -0.0631. The van der Waals surface area contributed by atoms with E-state index in [1.807, 2.05) is 36.4 Å². The van der Waals surface area contributed by atoms with Crippen LogP contribution in [0.2, 0.25) is 0 Å². The molecule has 3 aromatic rings. The lowest BCUT2D eigenvalue weighted by atomic mass is 10.0. The Kier molecular flexibility index (Phi) is 4.80. The molecule has 0 atom stereocenters. The molecule has 5 heteroatoms. The Hall–Kier alpha value is -2.92. The average molecular weight is 347 g/mol. The van der Waals surface area contributed by atoms with Gasteiger partial charge in [-0.3, -0.25) is 4.79 Å². The van der Waals surface area contributed by atoms with Crippen LogP contribution < -0.4 is 10.2 Å². The molecular weight excluding hydrogens is 326 g/mol. The normalized spacial score (nSPS) is 14.4. The standard InChI is InChI=1S/C21H21N3O2/c25-21(14-16-5-6-17-3-1-2-4-18(17)13-16)23-20-8-7-19(15-22-20)24-9-11-26-12-10-24/h1-8,13,15H,9-12,14H2,(H,22,23,25). The van der Waals surface area contributed by atoms with Gasteiger partial charge in [-0.2, -0.15) is 0 Å². The first kappa shape index (κ1) is 16.5. The second-order valence-electron chi connectivity index (χ2n) is 6.41. The van der Waals surface area contributed by atoms with Gasteiger partial charge in [-0.15, -0.1) is 0 Å². The number of ether oxygens (including phenoxy) is 1. The summed E-state index contributed by atoms with van der Waals surface area (Å²) in [5.74, 6) is 0.514. The van der Waals surface area contributed by atoms with E-state index in [2.05, 4.69) is 33.4 Å². The number of fused-ring (bicyclic) bond motifs is 1. The van der Waals surface area contributed by atoms with Crippen molar-refractivity contribution in [2.75, 3.05) is 36.5 Å². The van der Waals surface area contributed by atoms with E-state index in [4.69, 9.17) is 4.74 Å². The fraction of sp³-hybridized carbons (Fsp3) is 0.238. The molecule has 0 unspecified atom stereocenters. The van der Waals surface area contributed by atoms with E-state index in [0.29, 0.717) is 12.2 Å². The van der Waals surface area contributed by atoms with Crippen LogP contribution in [-0.2, 0) is 16.0 Å². The Bertz CT molecular complexity index is 903. The molecule has 0 aliphatic carbocycles. The van der Waals surface area contributed by atoms with Crippen LogP contribution in [0.25, 0.3) is 10.8 Å². The van der Waals surface area contributed by atoms with E-state index < -0.39 is 0 Å². The summed E-state index contributed by atoms with van der Waals surface area (Å²) < 4.78 is 5.36. The Morgan fingerprint density at radius 3 is 2.62 bits per heavy atom. The molecule has 1 aliphatic rings. The van der Waals surface area contributed by atoms with Crippen molar-refractivity contribution < 1.29 is 9.53 Å². The van der Waals surface area contributed by atoms with Crippen LogP contribution in [0.3, 0.4) is 0 Å². The zero-order valence-corrected chi connectivity index (χ0v) is 14.5. The quantitative estimate of drug-likeness (QED) is 0.787. The second-order valence-corrected chi connectivity index (χ2v) is 6.41. The van der Waals surface area contributed by atoms with Crippen LogP contribution in [0, 0.1) is 0 Å². The summed E-state index contributed by atoms with van der Waals surface area (Å²) in [6.07, 6.45) is 2.13. The predicted molar refractivity (Wildman–Crippen MR) is 104 cm³/mol. The lowest BCUT2D eigenvalue weighted by molar-refractivity contribution is -0.115. The summed E-state index contributed by atoms with van der Waals surface area (Å²) in [5.41, 5.74) is 2.05. The molecule has 0 spiro atoms. The van der Waals surface area contributed by atoms with Gasteiger partial charge in [0.1, 0.15) is 5.82 Å². The number of morpholine rings is 1. The number of benzene rings is 2. The third kappa shape index (κ3) is 3.83. The predicted octanol–water partition coefficient (Wildman–Crippen LogP) is 3.25. The highest BCUT2D eigenvalue weighted by Crippen LogP contribution is 2.18. The summed E-state index contributed by atoms with van der Waals surface area (Å²) in [6.45, 7) is 3.22. The summed E-state index contributed by atoms with van der Waals surface area (Å²) in [6, 6.07) is 18.1. The van der Waals surface area contributed by atoms with E-state index in [1.54, 1.807) is 6.20 Å². The highest BCUT2D eigenvalue weighted by molar-refractivity contribution is 5.92. The van der Waals surface area contributed by atoms with Crippen molar-refractivity contribution >= 4 is 28.2 Å². The molecule has 2 aromatic carbocycles. The number of hydrogen-bond acceptors (Lipinski definition) is 4. The van der Waals surface area contributed by atoms with Crippen LogP contribution >= 0.6 is 0 Å². The summed E-state index contributed by atoms with van der Waals surface area (Å²) >= 11 is 0. The number of amides is 1. The Labute approximate surface area is 152 Å². The monoisotopic (exact) mass is 347 g/mol. The number of nitrogens with zero attached hydrogens (tertiary/aromatic N) is 2.